The van der Waals surface area contributed by atoms with Crippen molar-refractivity contribution in [3.05, 3.63) is 101 Å². The first-order valence-electron chi connectivity index (χ1n) is 14.6. The predicted octanol–water partition coefficient (Wildman–Crippen LogP) is 6.49. The fraction of sp³-hybridized carbons (Fsp3) is 0.265. The number of amides is 1. The van der Waals surface area contributed by atoms with Gasteiger partial charge in [0.25, 0.3) is 11.8 Å². The van der Waals surface area contributed by atoms with Crippen LogP contribution in [0.25, 0.3) is 22.7 Å². The third-order valence-corrected chi connectivity index (χ3v) is 6.79. The summed E-state index contributed by atoms with van der Waals surface area (Å²) in [6.07, 6.45) is 0. The zero-order valence-corrected chi connectivity index (χ0v) is 25.5. The first kappa shape index (κ1) is 31.0. The van der Waals surface area contributed by atoms with Gasteiger partial charge in [0, 0.05) is 19.5 Å². The summed E-state index contributed by atoms with van der Waals surface area (Å²) in [5, 5.41) is 10.9. The maximum Gasteiger partial charge on any atom is 0.303 e. The van der Waals surface area contributed by atoms with Crippen LogP contribution >= 0.6 is 0 Å². The molecule has 0 aliphatic rings. The van der Waals surface area contributed by atoms with E-state index in [0.29, 0.717) is 30.2 Å². The topological polar surface area (TPSA) is 139 Å². The Morgan fingerprint density at radius 2 is 1.49 bits per heavy atom. The summed E-state index contributed by atoms with van der Waals surface area (Å²) in [6.45, 7) is 7.94. The number of benzene rings is 3. The van der Waals surface area contributed by atoms with Gasteiger partial charge in [-0.3, -0.25) is 9.59 Å². The third kappa shape index (κ3) is 7.56. The Hall–Kier alpha value is -5.45. The second-order valence-electron chi connectivity index (χ2n) is 10.5. The number of rotatable bonds is 13. The number of carbonyl (C=O) groups is 2. The van der Waals surface area contributed by atoms with Crippen molar-refractivity contribution < 1.29 is 32.8 Å². The molecule has 11 nitrogen and oxygen atoms in total. The first-order chi connectivity index (χ1) is 21.8. The lowest BCUT2D eigenvalue weighted by Crippen LogP contribution is -2.23. The molecule has 0 saturated heterocycles. The zero-order valence-electron chi connectivity index (χ0n) is 25.5. The molecule has 0 fully saturated rings. The van der Waals surface area contributed by atoms with Gasteiger partial charge in [-0.1, -0.05) is 84.8 Å². The molecule has 0 atom stereocenters. The summed E-state index contributed by atoms with van der Waals surface area (Å²) in [6, 6.07) is 23.4. The average molecular weight is 611 g/mol. The first-order valence-corrected chi connectivity index (χ1v) is 14.6. The predicted molar refractivity (Wildman–Crippen MR) is 164 cm³/mol. The summed E-state index contributed by atoms with van der Waals surface area (Å²) in [7, 11) is 0. The van der Waals surface area contributed by atoms with E-state index >= 15 is 0 Å². The van der Waals surface area contributed by atoms with Crippen LogP contribution in [0.1, 0.15) is 66.7 Å². The lowest BCUT2D eigenvalue weighted by atomic mass is 9.96. The molecule has 1 N–H and O–H groups in total. The van der Waals surface area contributed by atoms with Crippen LogP contribution < -0.4 is 14.8 Å². The van der Waals surface area contributed by atoms with Gasteiger partial charge < -0.3 is 28.6 Å². The van der Waals surface area contributed by atoms with E-state index in [-0.39, 0.29) is 47.9 Å². The zero-order chi connectivity index (χ0) is 31.8. The molecule has 2 aromatic heterocycles. The van der Waals surface area contributed by atoms with E-state index in [1.807, 2.05) is 72.8 Å². The summed E-state index contributed by atoms with van der Waals surface area (Å²) < 4.78 is 28.9. The highest BCUT2D eigenvalue weighted by molar-refractivity contribution is 6.01. The monoisotopic (exact) mass is 610 g/mol. The SMILES string of the molecule is CCNC(=O)c1noc(-c2cc(C(C)C)c(OCc3ccccc3)cc2OCc2ccccc2)c1-c1noc(COC(C)=O)n1. The molecule has 3 aromatic carbocycles. The van der Waals surface area contributed by atoms with Gasteiger partial charge in [-0.25, -0.2) is 0 Å². The molecule has 0 radical (unpaired) electrons. The Labute approximate surface area is 260 Å². The summed E-state index contributed by atoms with van der Waals surface area (Å²) in [5.74, 6) is 0.445. The van der Waals surface area contributed by atoms with Crippen molar-refractivity contribution in [3.8, 4) is 34.2 Å². The van der Waals surface area contributed by atoms with Gasteiger partial charge in [0.15, 0.2) is 18.1 Å². The maximum atomic E-state index is 13.1. The molecule has 45 heavy (non-hydrogen) atoms. The normalized spacial score (nSPS) is 11.0. The highest BCUT2D eigenvalue weighted by atomic mass is 16.6. The Balaban J connectivity index is 1.63. The Morgan fingerprint density at radius 3 is 2.09 bits per heavy atom. The van der Waals surface area contributed by atoms with Gasteiger partial charge in [-0.15, -0.1) is 0 Å². The van der Waals surface area contributed by atoms with Crippen molar-refractivity contribution in [3.63, 3.8) is 0 Å². The van der Waals surface area contributed by atoms with Crippen molar-refractivity contribution in [1.82, 2.24) is 20.6 Å². The average Bonchev–Trinajstić information content (AvgIpc) is 3.70. The number of hydrogen-bond donors (Lipinski definition) is 1. The van der Waals surface area contributed by atoms with Crippen LogP contribution in [0, 0.1) is 0 Å². The minimum atomic E-state index is -0.501. The van der Waals surface area contributed by atoms with Crippen LogP contribution in [0.4, 0.5) is 0 Å². The van der Waals surface area contributed by atoms with Crippen LogP contribution in [-0.2, 0) is 29.4 Å². The second kappa shape index (κ2) is 14.3. The second-order valence-corrected chi connectivity index (χ2v) is 10.5. The van der Waals surface area contributed by atoms with Crippen molar-refractivity contribution in [2.45, 2.75) is 53.4 Å². The molecular formula is C34H34N4O7. The lowest BCUT2D eigenvalue weighted by molar-refractivity contribution is -0.143. The molecule has 0 aliphatic carbocycles. The lowest BCUT2D eigenvalue weighted by Gasteiger charge is -2.19. The maximum absolute atomic E-state index is 13.1. The molecule has 232 valence electrons. The Bertz CT molecular complexity index is 1750. The van der Waals surface area contributed by atoms with Gasteiger partial charge in [0.1, 0.15) is 30.3 Å². The highest BCUT2D eigenvalue weighted by Crippen LogP contribution is 2.44. The van der Waals surface area contributed by atoms with Crippen LogP contribution in [0.3, 0.4) is 0 Å². The number of nitrogens with one attached hydrogen (secondary N) is 1. The van der Waals surface area contributed by atoms with Gasteiger partial charge in [-0.05, 0) is 35.6 Å². The molecule has 0 aliphatic heterocycles. The van der Waals surface area contributed by atoms with E-state index in [9.17, 15) is 9.59 Å². The number of carbonyl (C=O) groups excluding carboxylic acids is 2. The summed E-state index contributed by atoms with van der Waals surface area (Å²) in [5.41, 5.74) is 3.56. The molecule has 2 heterocycles. The quantitative estimate of drug-likeness (QED) is 0.147. The van der Waals surface area contributed by atoms with Crippen molar-refractivity contribution in [2.75, 3.05) is 6.54 Å². The number of esters is 1. The highest BCUT2D eigenvalue weighted by Gasteiger charge is 2.31. The van der Waals surface area contributed by atoms with Gasteiger partial charge in [0.05, 0.1) is 5.56 Å². The fourth-order valence-electron chi connectivity index (χ4n) is 4.58. The standard InChI is InChI=1S/C34H34N4O7/c1-5-35-34(40)31-30(33-36-29(44-38-33)20-41-22(4)39)32(45-37-31)26-16-25(21(2)3)27(42-18-23-12-8-6-9-13-23)17-28(26)43-19-24-14-10-7-11-15-24/h6-17,21H,5,18-20H2,1-4H3,(H,35,40). The van der Waals surface area contributed by atoms with E-state index < -0.39 is 11.9 Å². The number of nitrogens with zero attached hydrogens (tertiary/aromatic N) is 3. The minimum Gasteiger partial charge on any atom is -0.488 e. The number of ether oxygens (including phenoxy) is 3. The molecule has 0 saturated carbocycles. The van der Waals surface area contributed by atoms with Crippen molar-refractivity contribution >= 4 is 11.9 Å². The molecule has 0 unspecified atom stereocenters. The van der Waals surface area contributed by atoms with E-state index in [1.54, 1.807) is 6.92 Å². The molecular weight excluding hydrogens is 576 g/mol. The van der Waals surface area contributed by atoms with E-state index in [0.717, 1.165) is 16.7 Å². The largest absolute Gasteiger partial charge is 0.488 e. The van der Waals surface area contributed by atoms with E-state index in [4.69, 9.17) is 23.3 Å². The smallest absolute Gasteiger partial charge is 0.303 e. The fourth-order valence-corrected chi connectivity index (χ4v) is 4.58. The molecule has 1 amide bonds. The Kier molecular flexibility index (Phi) is 9.88. The van der Waals surface area contributed by atoms with Gasteiger partial charge in [0.2, 0.25) is 5.82 Å². The molecule has 11 heteroatoms. The van der Waals surface area contributed by atoms with Crippen LogP contribution in [0.5, 0.6) is 11.5 Å². The van der Waals surface area contributed by atoms with Crippen molar-refractivity contribution in [1.29, 1.82) is 0 Å². The van der Waals surface area contributed by atoms with Crippen molar-refractivity contribution in [2.24, 2.45) is 0 Å². The van der Waals surface area contributed by atoms with Gasteiger partial charge in [-0.2, -0.15) is 4.98 Å². The molecule has 5 rings (SSSR count). The minimum absolute atomic E-state index is 0.0313. The molecule has 5 aromatic rings. The van der Waals surface area contributed by atoms with Crippen LogP contribution in [0.15, 0.2) is 81.8 Å². The van der Waals surface area contributed by atoms with E-state index in [1.165, 1.54) is 6.92 Å². The number of hydrogen-bond acceptors (Lipinski definition) is 10. The van der Waals surface area contributed by atoms with Crippen LogP contribution in [-0.4, -0.2) is 33.7 Å². The summed E-state index contributed by atoms with van der Waals surface area (Å²) in [4.78, 5) is 28.8. The molecule has 0 spiro atoms. The third-order valence-electron chi connectivity index (χ3n) is 6.79. The van der Waals surface area contributed by atoms with E-state index in [2.05, 4.69) is 34.5 Å². The number of aromatic nitrogens is 3. The summed E-state index contributed by atoms with van der Waals surface area (Å²) >= 11 is 0. The van der Waals surface area contributed by atoms with Gasteiger partial charge >= 0.3 is 5.97 Å². The van der Waals surface area contributed by atoms with Crippen LogP contribution in [0.2, 0.25) is 0 Å². The molecule has 0 bridgehead atoms. The Morgan fingerprint density at radius 1 is 0.844 bits per heavy atom.